The molecule has 1 aliphatic rings. The predicted molar refractivity (Wildman–Crippen MR) is 134 cm³/mol. The van der Waals surface area contributed by atoms with Crippen LogP contribution in [-0.4, -0.2) is 79.0 Å². The number of halogens is 1. The molecule has 4 rings (SSSR count). The van der Waals surface area contributed by atoms with Gasteiger partial charge < -0.3 is 19.0 Å². The highest BCUT2D eigenvalue weighted by Crippen LogP contribution is 2.13. The first-order chi connectivity index (χ1) is 17.6. The summed E-state index contributed by atoms with van der Waals surface area (Å²) in [5.74, 6) is -0.635. The molecule has 1 saturated heterocycles. The molecule has 1 aromatic heterocycles. The molecular weight excluding hydrogens is 461 g/mol. The fourth-order valence-corrected chi connectivity index (χ4v) is 4.20. The van der Waals surface area contributed by atoms with Crippen molar-refractivity contribution in [3.05, 3.63) is 95.7 Å². The number of benzene rings is 2. The van der Waals surface area contributed by atoms with Gasteiger partial charge in [0.2, 0.25) is 5.91 Å². The number of carbonyl (C=O) groups is 2. The Labute approximate surface area is 211 Å². The summed E-state index contributed by atoms with van der Waals surface area (Å²) in [6, 6.07) is 19.4. The molecule has 7 nitrogen and oxygen atoms in total. The van der Waals surface area contributed by atoms with Crippen molar-refractivity contribution in [1.29, 1.82) is 0 Å². The predicted octanol–water partition coefficient (Wildman–Crippen LogP) is 3.46. The lowest BCUT2D eigenvalue weighted by atomic mass is 10.1. The number of hydrogen-bond acceptors (Lipinski definition) is 5. The van der Waals surface area contributed by atoms with Crippen molar-refractivity contribution in [3.63, 3.8) is 0 Å². The molecule has 8 heteroatoms. The Hall–Kier alpha value is -3.49. The number of hydrogen-bond donors (Lipinski definition) is 0. The van der Waals surface area contributed by atoms with Gasteiger partial charge in [0.05, 0.1) is 31.6 Å². The summed E-state index contributed by atoms with van der Waals surface area (Å²) in [6.07, 6.45) is 2.24. The first kappa shape index (κ1) is 25.6. The van der Waals surface area contributed by atoms with E-state index in [0.717, 1.165) is 18.7 Å². The van der Waals surface area contributed by atoms with Gasteiger partial charge in [-0.25, -0.2) is 4.39 Å². The summed E-state index contributed by atoms with van der Waals surface area (Å²) in [6.45, 7) is 4.30. The normalized spacial score (nSPS) is 13.9. The van der Waals surface area contributed by atoms with Crippen molar-refractivity contribution in [1.82, 2.24) is 14.7 Å². The maximum atomic E-state index is 14.5. The van der Waals surface area contributed by atoms with Gasteiger partial charge in [0.15, 0.2) is 0 Å². The highest BCUT2D eigenvalue weighted by molar-refractivity contribution is 5.96. The molecule has 0 aliphatic carbocycles. The van der Waals surface area contributed by atoms with E-state index in [2.05, 4.69) is 4.90 Å². The van der Waals surface area contributed by atoms with E-state index in [1.165, 1.54) is 17.0 Å². The van der Waals surface area contributed by atoms with Gasteiger partial charge in [-0.15, -0.1) is 0 Å². The number of furan rings is 1. The van der Waals surface area contributed by atoms with Crippen LogP contribution in [0, 0.1) is 5.82 Å². The largest absolute Gasteiger partial charge is 0.467 e. The average Bonchev–Trinajstić information content (AvgIpc) is 3.43. The smallest absolute Gasteiger partial charge is 0.257 e. The van der Waals surface area contributed by atoms with Crippen LogP contribution in [0.1, 0.15) is 21.7 Å². The van der Waals surface area contributed by atoms with Crippen LogP contribution in [0.5, 0.6) is 0 Å². The van der Waals surface area contributed by atoms with Crippen LogP contribution in [0.15, 0.2) is 77.4 Å². The van der Waals surface area contributed by atoms with Crippen molar-refractivity contribution in [2.45, 2.75) is 13.0 Å². The lowest BCUT2D eigenvalue weighted by molar-refractivity contribution is -0.132. The molecule has 0 N–H and O–H groups in total. The number of amides is 2. The third-order valence-electron chi connectivity index (χ3n) is 6.30. The zero-order valence-corrected chi connectivity index (χ0v) is 20.4. The van der Waals surface area contributed by atoms with Crippen LogP contribution in [-0.2, 0) is 22.5 Å². The second-order valence-electron chi connectivity index (χ2n) is 8.79. The summed E-state index contributed by atoms with van der Waals surface area (Å²) >= 11 is 0. The Kier molecular flexibility index (Phi) is 9.24. The Morgan fingerprint density at radius 2 is 1.64 bits per heavy atom. The third-order valence-corrected chi connectivity index (χ3v) is 6.30. The molecule has 0 spiro atoms. The van der Waals surface area contributed by atoms with E-state index in [-0.39, 0.29) is 18.0 Å². The van der Waals surface area contributed by atoms with E-state index in [1.54, 1.807) is 29.4 Å². The second kappa shape index (κ2) is 13.0. The first-order valence-corrected chi connectivity index (χ1v) is 12.3. The average molecular weight is 494 g/mol. The Morgan fingerprint density at radius 3 is 2.36 bits per heavy atom. The van der Waals surface area contributed by atoms with Gasteiger partial charge in [0.1, 0.15) is 18.1 Å². The van der Waals surface area contributed by atoms with Crippen molar-refractivity contribution in [2.75, 3.05) is 52.5 Å². The fourth-order valence-electron chi connectivity index (χ4n) is 4.20. The molecule has 1 fully saturated rings. The zero-order valence-electron chi connectivity index (χ0n) is 20.4. The van der Waals surface area contributed by atoms with Gasteiger partial charge in [-0.3, -0.25) is 14.5 Å². The van der Waals surface area contributed by atoms with Gasteiger partial charge >= 0.3 is 0 Å². The number of carbonyl (C=O) groups excluding carboxylic acids is 2. The van der Waals surface area contributed by atoms with Gasteiger partial charge in [-0.05, 0) is 36.2 Å². The van der Waals surface area contributed by atoms with E-state index >= 15 is 0 Å². The number of nitrogens with zero attached hydrogens (tertiary/aromatic N) is 3. The van der Waals surface area contributed by atoms with Gasteiger partial charge in [0.25, 0.3) is 5.91 Å². The quantitative estimate of drug-likeness (QED) is 0.409. The molecule has 1 aliphatic heterocycles. The summed E-state index contributed by atoms with van der Waals surface area (Å²) in [4.78, 5) is 32.2. The van der Waals surface area contributed by atoms with Gasteiger partial charge in [-0.2, -0.15) is 0 Å². The van der Waals surface area contributed by atoms with E-state index in [4.69, 9.17) is 9.15 Å². The van der Waals surface area contributed by atoms with E-state index in [9.17, 15) is 14.0 Å². The highest BCUT2D eigenvalue weighted by atomic mass is 19.1. The van der Waals surface area contributed by atoms with Gasteiger partial charge in [0, 0.05) is 32.7 Å². The van der Waals surface area contributed by atoms with Gasteiger partial charge in [-0.1, -0.05) is 42.5 Å². The van der Waals surface area contributed by atoms with Crippen LogP contribution < -0.4 is 0 Å². The molecular formula is C28H32FN3O4. The standard InChI is InChI=1S/C28H32FN3O4/c29-26-11-5-4-10-25(26)28(34)32(15-14-30-16-19-35-20-17-30)22-27(33)31(21-24-9-6-18-36-24)13-12-23-7-2-1-3-8-23/h1-11,18H,12-17,19-22H2. The molecule has 0 atom stereocenters. The van der Waals surface area contributed by atoms with Crippen LogP contribution in [0.4, 0.5) is 4.39 Å². The number of morpholine rings is 1. The highest BCUT2D eigenvalue weighted by Gasteiger charge is 2.25. The molecule has 3 aromatic rings. The fraction of sp³-hybridized carbons (Fsp3) is 0.357. The van der Waals surface area contributed by atoms with E-state index in [0.29, 0.717) is 51.6 Å². The first-order valence-electron chi connectivity index (χ1n) is 12.3. The minimum atomic E-state index is -0.595. The Balaban J connectivity index is 1.49. The molecule has 0 bridgehead atoms. The molecule has 0 unspecified atom stereocenters. The summed E-state index contributed by atoms with van der Waals surface area (Å²) in [5, 5.41) is 0. The van der Waals surface area contributed by atoms with Crippen molar-refractivity contribution in [3.8, 4) is 0 Å². The molecule has 0 saturated carbocycles. The van der Waals surface area contributed by atoms with Crippen LogP contribution in [0.3, 0.4) is 0 Å². The second-order valence-corrected chi connectivity index (χ2v) is 8.79. The maximum absolute atomic E-state index is 14.5. The van der Waals surface area contributed by atoms with Crippen molar-refractivity contribution < 1.29 is 23.1 Å². The van der Waals surface area contributed by atoms with E-state index in [1.807, 2.05) is 36.4 Å². The molecule has 2 amide bonds. The molecule has 2 heterocycles. The summed E-state index contributed by atoms with van der Waals surface area (Å²) in [7, 11) is 0. The zero-order chi connectivity index (χ0) is 25.2. The van der Waals surface area contributed by atoms with Crippen molar-refractivity contribution in [2.24, 2.45) is 0 Å². The lowest BCUT2D eigenvalue weighted by Crippen LogP contribution is -2.47. The van der Waals surface area contributed by atoms with E-state index < -0.39 is 11.7 Å². The summed E-state index contributed by atoms with van der Waals surface area (Å²) < 4.78 is 25.4. The van der Waals surface area contributed by atoms with Crippen LogP contribution in [0.25, 0.3) is 0 Å². The molecule has 190 valence electrons. The van der Waals surface area contributed by atoms with Crippen molar-refractivity contribution >= 4 is 11.8 Å². The number of rotatable bonds is 11. The third kappa shape index (κ3) is 7.26. The Bertz CT molecular complexity index is 1100. The monoisotopic (exact) mass is 493 g/mol. The topological polar surface area (TPSA) is 66.2 Å². The lowest BCUT2D eigenvalue weighted by Gasteiger charge is -2.31. The molecule has 2 aromatic carbocycles. The molecule has 0 radical (unpaired) electrons. The minimum Gasteiger partial charge on any atom is -0.467 e. The molecule has 36 heavy (non-hydrogen) atoms. The SMILES string of the molecule is O=C(CN(CCN1CCOCC1)C(=O)c1ccccc1F)N(CCc1ccccc1)Cc1ccco1. The minimum absolute atomic E-state index is 0.0332. The number of ether oxygens (including phenoxy) is 1. The maximum Gasteiger partial charge on any atom is 0.257 e. The summed E-state index contributed by atoms with van der Waals surface area (Å²) in [5.41, 5.74) is 1.08. The van der Waals surface area contributed by atoms with Crippen LogP contribution in [0.2, 0.25) is 0 Å². The Morgan fingerprint density at radius 1 is 0.889 bits per heavy atom. The van der Waals surface area contributed by atoms with Crippen LogP contribution >= 0.6 is 0 Å².